The van der Waals surface area contributed by atoms with E-state index in [1.807, 2.05) is 30.5 Å². The van der Waals surface area contributed by atoms with Crippen molar-refractivity contribution in [3.8, 4) is 11.3 Å². The maximum atomic E-state index is 13.6. The Kier molecular flexibility index (Phi) is 3.93. The lowest BCUT2D eigenvalue weighted by Crippen LogP contribution is -2.10. The van der Waals surface area contributed by atoms with Crippen LogP contribution < -0.4 is 5.32 Å². The molecule has 138 valence electrons. The quantitative estimate of drug-likeness (QED) is 0.493. The maximum Gasteiger partial charge on any atom is 0.157 e. The molecule has 0 spiro atoms. The number of halogens is 1. The average Bonchev–Trinajstić information content (AvgIpc) is 3.35. The molecule has 0 saturated heterocycles. The van der Waals surface area contributed by atoms with Gasteiger partial charge in [-0.25, -0.2) is 9.37 Å². The molecule has 0 bridgehead atoms. The molecule has 0 saturated carbocycles. The molecule has 7 nitrogen and oxygen atoms in total. The Labute approximate surface area is 159 Å². The van der Waals surface area contributed by atoms with Gasteiger partial charge in [0.1, 0.15) is 11.6 Å². The standard InChI is InChI=1S/C20H16FN7/c21-15-8-14(10-22-12-15)17-9-19(28-18(27-17)4-7-26-28)23-6-3-13-11-25-16-2-1-5-24-20(13)16/h1-2,4-5,7-12,23,25H,3,6H2. The van der Waals surface area contributed by atoms with Crippen LogP contribution in [0.5, 0.6) is 0 Å². The van der Waals surface area contributed by atoms with Crippen LogP contribution >= 0.6 is 0 Å². The van der Waals surface area contributed by atoms with Crippen molar-refractivity contribution in [3.05, 3.63) is 72.7 Å². The molecule has 5 heterocycles. The van der Waals surface area contributed by atoms with Gasteiger partial charge in [0.2, 0.25) is 0 Å². The SMILES string of the molecule is Fc1cncc(-c2cc(NCCc3c[nH]c4cccnc34)n3nccc3n2)c1. The molecule has 5 aromatic rings. The van der Waals surface area contributed by atoms with Gasteiger partial charge in [0, 0.05) is 42.8 Å². The van der Waals surface area contributed by atoms with Gasteiger partial charge in [-0.15, -0.1) is 0 Å². The fraction of sp³-hybridized carbons (Fsp3) is 0.100. The van der Waals surface area contributed by atoms with Crippen LogP contribution in [0, 0.1) is 5.82 Å². The molecule has 0 fully saturated rings. The number of hydrogen-bond acceptors (Lipinski definition) is 5. The van der Waals surface area contributed by atoms with E-state index in [4.69, 9.17) is 0 Å². The molecule has 0 radical (unpaired) electrons. The summed E-state index contributed by atoms with van der Waals surface area (Å²) in [7, 11) is 0. The van der Waals surface area contributed by atoms with Crippen LogP contribution in [-0.2, 0) is 6.42 Å². The van der Waals surface area contributed by atoms with Gasteiger partial charge in [-0.1, -0.05) is 0 Å². The van der Waals surface area contributed by atoms with Crippen molar-refractivity contribution < 1.29 is 4.39 Å². The number of hydrogen-bond donors (Lipinski definition) is 2. The van der Waals surface area contributed by atoms with E-state index in [1.165, 1.54) is 12.3 Å². The van der Waals surface area contributed by atoms with E-state index in [0.717, 1.165) is 28.8 Å². The molecular formula is C20H16FN7. The second-order valence-electron chi connectivity index (χ2n) is 6.41. The molecule has 0 aromatic carbocycles. The first-order chi connectivity index (χ1) is 13.8. The van der Waals surface area contributed by atoms with E-state index >= 15 is 0 Å². The Bertz CT molecular complexity index is 1270. The Morgan fingerprint density at radius 1 is 1.14 bits per heavy atom. The number of aromatic amines is 1. The van der Waals surface area contributed by atoms with Crippen LogP contribution in [0.15, 0.2) is 61.3 Å². The first kappa shape index (κ1) is 16.4. The zero-order chi connectivity index (χ0) is 18.9. The minimum Gasteiger partial charge on any atom is -0.370 e. The third-order valence-corrected chi connectivity index (χ3v) is 4.57. The number of fused-ring (bicyclic) bond motifs is 2. The summed E-state index contributed by atoms with van der Waals surface area (Å²) in [5, 5.41) is 7.73. The number of nitrogens with one attached hydrogen (secondary N) is 2. The Balaban J connectivity index is 1.43. The molecular weight excluding hydrogens is 357 g/mol. The zero-order valence-electron chi connectivity index (χ0n) is 14.8. The molecule has 0 aliphatic heterocycles. The van der Waals surface area contributed by atoms with Crippen molar-refractivity contribution in [2.45, 2.75) is 6.42 Å². The van der Waals surface area contributed by atoms with E-state index < -0.39 is 5.82 Å². The number of anilines is 1. The lowest BCUT2D eigenvalue weighted by Gasteiger charge is -2.10. The van der Waals surface area contributed by atoms with Crippen LogP contribution in [0.4, 0.5) is 10.2 Å². The van der Waals surface area contributed by atoms with Crippen LogP contribution in [0.2, 0.25) is 0 Å². The van der Waals surface area contributed by atoms with Crippen LogP contribution in [0.3, 0.4) is 0 Å². The smallest absolute Gasteiger partial charge is 0.157 e. The number of H-pyrrole nitrogens is 1. The van der Waals surface area contributed by atoms with Gasteiger partial charge in [-0.2, -0.15) is 9.61 Å². The normalized spacial score (nSPS) is 11.3. The Hall–Kier alpha value is -3.81. The maximum absolute atomic E-state index is 13.6. The summed E-state index contributed by atoms with van der Waals surface area (Å²) >= 11 is 0. The number of pyridine rings is 2. The largest absolute Gasteiger partial charge is 0.370 e. The molecule has 5 rings (SSSR count). The molecule has 0 atom stereocenters. The molecule has 0 aliphatic carbocycles. The van der Waals surface area contributed by atoms with Crippen molar-refractivity contribution >= 4 is 22.5 Å². The Morgan fingerprint density at radius 2 is 2.11 bits per heavy atom. The van der Waals surface area contributed by atoms with Crippen LogP contribution in [0.1, 0.15) is 5.56 Å². The third kappa shape index (κ3) is 2.94. The average molecular weight is 373 g/mol. The summed E-state index contributed by atoms with van der Waals surface area (Å²) in [6, 6.07) is 9.00. The first-order valence-corrected chi connectivity index (χ1v) is 8.88. The topological polar surface area (TPSA) is 83.8 Å². The fourth-order valence-electron chi connectivity index (χ4n) is 3.27. The van der Waals surface area contributed by atoms with E-state index in [1.54, 1.807) is 23.1 Å². The van der Waals surface area contributed by atoms with E-state index in [9.17, 15) is 4.39 Å². The molecule has 8 heteroatoms. The second kappa shape index (κ2) is 6.73. The predicted octanol–water partition coefficient (Wildman–Crippen LogP) is 3.46. The summed E-state index contributed by atoms with van der Waals surface area (Å²) in [6.45, 7) is 0.684. The van der Waals surface area contributed by atoms with Gasteiger partial charge >= 0.3 is 0 Å². The Morgan fingerprint density at radius 3 is 3.04 bits per heavy atom. The molecule has 0 aliphatic rings. The highest BCUT2D eigenvalue weighted by Gasteiger charge is 2.10. The summed E-state index contributed by atoms with van der Waals surface area (Å²) < 4.78 is 15.3. The minimum atomic E-state index is -0.394. The van der Waals surface area contributed by atoms with Gasteiger partial charge in [-0.3, -0.25) is 9.97 Å². The van der Waals surface area contributed by atoms with Crippen molar-refractivity contribution in [1.29, 1.82) is 0 Å². The molecule has 28 heavy (non-hydrogen) atoms. The van der Waals surface area contributed by atoms with Crippen LogP contribution in [-0.4, -0.2) is 36.1 Å². The third-order valence-electron chi connectivity index (χ3n) is 4.57. The summed E-state index contributed by atoms with van der Waals surface area (Å²) in [5.41, 5.74) is 5.08. The van der Waals surface area contributed by atoms with Gasteiger partial charge in [0.15, 0.2) is 5.65 Å². The molecule has 0 unspecified atom stereocenters. The minimum absolute atomic E-state index is 0.394. The number of rotatable bonds is 5. The summed E-state index contributed by atoms with van der Waals surface area (Å²) in [4.78, 5) is 16.1. The van der Waals surface area contributed by atoms with Gasteiger partial charge < -0.3 is 10.3 Å². The van der Waals surface area contributed by atoms with Gasteiger partial charge in [-0.05, 0) is 30.2 Å². The lowest BCUT2D eigenvalue weighted by molar-refractivity contribution is 0.622. The van der Waals surface area contributed by atoms with E-state index in [0.29, 0.717) is 23.4 Å². The van der Waals surface area contributed by atoms with E-state index in [-0.39, 0.29) is 0 Å². The lowest BCUT2D eigenvalue weighted by atomic mass is 10.2. The van der Waals surface area contributed by atoms with Gasteiger partial charge in [0.05, 0.1) is 29.1 Å². The number of nitrogens with zero attached hydrogens (tertiary/aromatic N) is 5. The van der Waals surface area contributed by atoms with Crippen molar-refractivity contribution in [2.75, 3.05) is 11.9 Å². The molecule has 5 aromatic heterocycles. The first-order valence-electron chi connectivity index (χ1n) is 8.88. The number of aromatic nitrogens is 6. The highest BCUT2D eigenvalue weighted by molar-refractivity contribution is 5.78. The van der Waals surface area contributed by atoms with Crippen molar-refractivity contribution in [2.24, 2.45) is 0 Å². The van der Waals surface area contributed by atoms with Crippen molar-refractivity contribution in [1.82, 2.24) is 29.5 Å². The van der Waals surface area contributed by atoms with Gasteiger partial charge in [0.25, 0.3) is 0 Å². The van der Waals surface area contributed by atoms with E-state index in [2.05, 4.69) is 30.4 Å². The predicted molar refractivity (Wildman–Crippen MR) is 104 cm³/mol. The summed E-state index contributed by atoms with van der Waals surface area (Å²) in [5.74, 6) is 0.385. The zero-order valence-corrected chi connectivity index (χ0v) is 14.8. The van der Waals surface area contributed by atoms with Crippen molar-refractivity contribution in [3.63, 3.8) is 0 Å². The van der Waals surface area contributed by atoms with Crippen LogP contribution in [0.25, 0.3) is 27.9 Å². The molecule has 2 N–H and O–H groups in total. The monoisotopic (exact) mass is 373 g/mol. The fourth-order valence-corrected chi connectivity index (χ4v) is 3.27. The summed E-state index contributed by atoms with van der Waals surface area (Å²) in [6.07, 6.45) is 9.03. The highest BCUT2D eigenvalue weighted by Crippen LogP contribution is 2.22. The second-order valence-corrected chi connectivity index (χ2v) is 6.41. The molecule has 0 amide bonds. The highest BCUT2D eigenvalue weighted by atomic mass is 19.1.